The monoisotopic (exact) mass is 243 g/mol. The Bertz CT molecular complexity index is 253. The molecule has 1 nitrogen and oxygen atoms in total. The molecule has 0 saturated carbocycles. The van der Waals surface area contributed by atoms with E-state index in [2.05, 4.69) is 35.8 Å². The largest absolute Gasteiger partial charge is 0.309 e. The fourth-order valence-corrected chi connectivity index (χ4v) is 2.16. The van der Waals surface area contributed by atoms with Crippen LogP contribution in [0.25, 0.3) is 0 Å². The van der Waals surface area contributed by atoms with E-state index in [1.165, 1.54) is 17.7 Å². The third-order valence-corrected chi connectivity index (χ3v) is 3.28. The molecule has 0 heterocycles. The van der Waals surface area contributed by atoms with Gasteiger partial charge in [-0.15, -0.1) is 11.6 Å². The molecule has 84 valence electrons. The van der Waals surface area contributed by atoms with Gasteiger partial charge in [0.25, 0.3) is 0 Å². The molecule has 0 amide bonds. The van der Waals surface area contributed by atoms with E-state index >= 15 is 0 Å². The topological polar surface area (TPSA) is 12.0 Å². The van der Waals surface area contributed by atoms with E-state index < -0.39 is 0 Å². The van der Waals surface area contributed by atoms with Crippen LogP contribution in [-0.4, -0.2) is 24.4 Å². The van der Waals surface area contributed by atoms with Gasteiger partial charge >= 0.3 is 0 Å². The smallest absolute Gasteiger partial charge is 0.0457 e. The Balaban J connectivity index is 2.36. The first-order chi connectivity index (χ1) is 7.38. The van der Waals surface area contributed by atoms with E-state index in [0.717, 1.165) is 6.54 Å². The van der Waals surface area contributed by atoms with Crippen LogP contribution in [0.5, 0.6) is 0 Å². The molecule has 1 aromatic carbocycles. The van der Waals surface area contributed by atoms with Crippen molar-refractivity contribution >= 4 is 23.4 Å². The summed E-state index contributed by atoms with van der Waals surface area (Å²) in [6.45, 7) is 1.03. The van der Waals surface area contributed by atoms with Crippen molar-refractivity contribution in [2.75, 3.05) is 24.4 Å². The van der Waals surface area contributed by atoms with Crippen molar-refractivity contribution in [3.8, 4) is 0 Å². The summed E-state index contributed by atoms with van der Waals surface area (Å²) in [4.78, 5) is 0. The number of nitrogens with one attached hydrogen (secondary N) is 1. The number of hydrogen-bond donors (Lipinski definition) is 1. The maximum absolute atomic E-state index is 5.95. The molecule has 0 aliphatic heterocycles. The first-order valence-corrected chi connectivity index (χ1v) is 7.14. The summed E-state index contributed by atoms with van der Waals surface area (Å²) in [6, 6.07) is 10.7. The SMILES string of the molecule is CSCCCNC(CCl)c1ccccc1. The fourth-order valence-electron chi connectivity index (χ4n) is 1.44. The van der Waals surface area contributed by atoms with Gasteiger partial charge in [-0.3, -0.25) is 0 Å². The zero-order valence-electron chi connectivity index (χ0n) is 9.08. The van der Waals surface area contributed by atoms with Crippen LogP contribution in [-0.2, 0) is 0 Å². The van der Waals surface area contributed by atoms with Crippen molar-refractivity contribution < 1.29 is 0 Å². The lowest BCUT2D eigenvalue weighted by Crippen LogP contribution is -2.24. The van der Waals surface area contributed by atoms with Crippen LogP contribution in [0.1, 0.15) is 18.0 Å². The Kier molecular flexibility index (Phi) is 6.90. The molecule has 3 heteroatoms. The van der Waals surface area contributed by atoms with Gasteiger partial charge in [0, 0.05) is 11.9 Å². The van der Waals surface area contributed by atoms with Crippen molar-refractivity contribution in [2.45, 2.75) is 12.5 Å². The lowest BCUT2D eigenvalue weighted by Gasteiger charge is -2.16. The van der Waals surface area contributed by atoms with E-state index in [1.807, 2.05) is 17.8 Å². The van der Waals surface area contributed by atoms with Crippen LogP contribution in [0.3, 0.4) is 0 Å². The van der Waals surface area contributed by atoms with Crippen LogP contribution in [0.4, 0.5) is 0 Å². The molecule has 0 aromatic heterocycles. The van der Waals surface area contributed by atoms with Crippen LogP contribution in [0.2, 0.25) is 0 Å². The Labute approximate surface area is 102 Å². The van der Waals surface area contributed by atoms with Crippen LogP contribution >= 0.6 is 23.4 Å². The highest BCUT2D eigenvalue weighted by Crippen LogP contribution is 2.13. The van der Waals surface area contributed by atoms with Gasteiger partial charge in [0.1, 0.15) is 0 Å². The maximum Gasteiger partial charge on any atom is 0.0457 e. The van der Waals surface area contributed by atoms with E-state index in [0.29, 0.717) is 5.88 Å². The molecular weight excluding hydrogens is 226 g/mol. The van der Waals surface area contributed by atoms with Crippen molar-refractivity contribution in [1.82, 2.24) is 5.32 Å². The Morgan fingerprint density at radius 2 is 2.07 bits per heavy atom. The molecular formula is C12H18ClNS. The van der Waals surface area contributed by atoms with Gasteiger partial charge in [-0.25, -0.2) is 0 Å². The molecule has 1 atom stereocenters. The molecule has 0 bridgehead atoms. The number of hydrogen-bond acceptors (Lipinski definition) is 2. The Morgan fingerprint density at radius 1 is 1.33 bits per heavy atom. The van der Waals surface area contributed by atoms with Crippen molar-refractivity contribution in [1.29, 1.82) is 0 Å². The highest BCUT2D eigenvalue weighted by atomic mass is 35.5. The summed E-state index contributed by atoms with van der Waals surface area (Å²) in [5.41, 5.74) is 1.27. The first-order valence-electron chi connectivity index (χ1n) is 5.21. The molecule has 1 unspecified atom stereocenters. The Hall–Kier alpha value is -0.180. The van der Waals surface area contributed by atoms with Crippen LogP contribution in [0.15, 0.2) is 30.3 Å². The second-order valence-electron chi connectivity index (χ2n) is 3.42. The minimum Gasteiger partial charge on any atom is -0.309 e. The molecule has 15 heavy (non-hydrogen) atoms. The van der Waals surface area contributed by atoms with Gasteiger partial charge in [0.05, 0.1) is 0 Å². The number of alkyl halides is 1. The lowest BCUT2D eigenvalue weighted by atomic mass is 10.1. The number of benzene rings is 1. The van der Waals surface area contributed by atoms with Gasteiger partial charge in [0.2, 0.25) is 0 Å². The predicted molar refractivity (Wildman–Crippen MR) is 70.9 cm³/mol. The summed E-state index contributed by atoms with van der Waals surface area (Å²) in [7, 11) is 0. The molecule has 0 radical (unpaired) electrons. The van der Waals surface area contributed by atoms with Crippen LogP contribution < -0.4 is 5.32 Å². The summed E-state index contributed by atoms with van der Waals surface area (Å²) >= 11 is 7.83. The first kappa shape index (κ1) is 12.9. The second-order valence-corrected chi connectivity index (χ2v) is 4.71. The zero-order valence-corrected chi connectivity index (χ0v) is 10.7. The quantitative estimate of drug-likeness (QED) is 0.583. The number of thioether (sulfide) groups is 1. The highest BCUT2D eigenvalue weighted by Gasteiger charge is 2.07. The van der Waals surface area contributed by atoms with E-state index in [-0.39, 0.29) is 6.04 Å². The third-order valence-electron chi connectivity index (χ3n) is 2.27. The number of halogens is 1. The van der Waals surface area contributed by atoms with Crippen molar-refractivity contribution in [3.05, 3.63) is 35.9 Å². The average Bonchev–Trinajstić information content (AvgIpc) is 2.30. The van der Waals surface area contributed by atoms with E-state index in [4.69, 9.17) is 11.6 Å². The van der Waals surface area contributed by atoms with E-state index in [9.17, 15) is 0 Å². The summed E-state index contributed by atoms with van der Waals surface area (Å²) in [5, 5.41) is 3.48. The maximum atomic E-state index is 5.95. The molecule has 1 aromatic rings. The normalized spacial score (nSPS) is 12.7. The van der Waals surface area contributed by atoms with Gasteiger partial charge in [-0.2, -0.15) is 11.8 Å². The number of rotatable bonds is 7. The van der Waals surface area contributed by atoms with Gasteiger partial charge < -0.3 is 5.32 Å². The van der Waals surface area contributed by atoms with Gasteiger partial charge in [-0.05, 0) is 30.5 Å². The minimum absolute atomic E-state index is 0.287. The molecule has 0 aliphatic carbocycles. The average molecular weight is 244 g/mol. The Morgan fingerprint density at radius 3 is 2.67 bits per heavy atom. The lowest BCUT2D eigenvalue weighted by molar-refractivity contribution is 0.577. The zero-order chi connectivity index (χ0) is 10.9. The van der Waals surface area contributed by atoms with Crippen LogP contribution in [0, 0.1) is 0 Å². The van der Waals surface area contributed by atoms with E-state index in [1.54, 1.807) is 0 Å². The fraction of sp³-hybridized carbons (Fsp3) is 0.500. The standard InChI is InChI=1S/C12H18ClNS/c1-15-9-5-8-14-12(10-13)11-6-3-2-4-7-11/h2-4,6-7,12,14H,5,8-10H2,1H3. The molecule has 1 N–H and O–H groups in total. The summed E-state index contributed by atoms with van der Waals surface area (Å²) in [5.74, 6) is 1.83. The minimum atomic E-state index is 0.287. The highest BCUT2D eigenvalue weighted by molar-refractivity contribution is 7.98. The second kappa shape index (κ2) is 8.03. The summed E-state index contributed by atoms with van der Waals surface area (Å²) < 4.78 is 0. The molecule has 0 aliphatic rings. The van der Waals surface area contributed by atoms with Gasteiger partial charge in [0.15, 0.2) is 0 Å². The molecule has 0 fully saturated rings. The molecule has 1 rings (SSSR count). The molecule has 0 spiro atoms. The van der Waals surface area contributed by atoms with Crippen molar-refractivity contribution in [2.24, 2.45) is 0 Å². The third kappa shape index (κ3) is 4.92. The predicted octanol–water partition coefficient (Wildman–Crippen LogP) is 3.31. The van der Waals surface area contributed by atoms with Crippen molar-refractivity contribution in [3.63, 3.8) is 0 Å². The summed E-state index contributed by atoms with van der Waals surface area (Å²) in [6.07, 6.45) is 3.33. The van der Waals surface area contributed by atoms with Gasteiger partial charge in [-0.1, -0.05) is 30.3 Å². The molecule has 0 saturated heterocycles.